The fraction of sp³-hybridized carbons (Fsp3) is 0.500. The van der Waals surface area contributed by atoms with Crippen LogP contribution in [0.25, 0.3) is 10.9 Å². The molecule has 1 aliphatic heterocycles. The van der Waals surface area contributed by atoms with Crippen LogP contribution < -0.4 is 20.9 Å². The Kier molecular flexibility index (Phi) is 8.64. The van der Waals surface area contributed by atoms with Gasteiger partial charge in [-0.1, -0.05) is 56.9 Å². The summed E-state index contributed by atoms with van der Waals surface area (Å²) < 4.78 is 8.77. The normalized spacial score (nSPS) is 14.5. The Bertz CT molecular complexity index is 1220. The van der Waals surface area contributed by atoms with E-state index in [1.165, 1.54) is 23.8 Å². The number of nitrogens with zero attached hydrogens (tertiary/aromatic N) is 4. The Morgan fingerprint density at radius 2 is 1.49 bits per heavy atom. The summed E-state index contributed by atoms with van der Waals surface area (Å²) in [6, 6.07) is 15.6. The molecule has 7 heteroatoms. The van der Waals surface area contributed by atoms with Crippen LogP contribution in [-0.4, -0.2) is 53.9 Å². The van der Waals surface area contributed by atoms with Crippen molar-refractivity contribution in [3.05, 3.63) is 69.4 Å². The lowest BCUT2D eigenvalue weighted by Crippen LogP contribution is -2.49. The Labute approximate surface area is 207 Å². The molecule has 0 amide bonds. The van der Waals surface area contributed by atoms with Crippen LogP contribution in [0.4, 0.5) is 5.69 Å². The summed E-state index contributed by atoms with van der Waals surface area (Å²) in [5.74, 6) is 0.888. The van der Waals surface area contributed by atoms with Gasteiger partial charge in [0.25, 0.3) is 5.56 Å². The molecule has 1 fully saturated rings. The lowest BCUT2D eigenvalue weighted by atomic mass is 10.1. The van der Waals surface area contributed by atoms with E-state index >= 15 is 0 Å². The average Bonchev–Trinajstić information content (AvgIpc) is 2.90. The van der Waals surface area contributed by atoms with E-state index in [1.807, 2.05) is 47.0 Å². The number of ether oxygens (including phenoxy) is 1. The number of anilines is 1. The molecule has 4 rings (SSSR count). The topological polar surface area (TPSA) is 59.7 Å². The van der Waals surface area contributed by atoms with Crippen molar-refractivity contribution in [3.63, 3.8) is 0 Å². The largest absolute Gasteiger partial charge is 0.495 e. The van der Waals surface area contributed by atoms with Crippen molar-refractivity contribution < 1.29 is 4.74 Å². The number of aromatic nitrogens is 2. The molecule has 2 heterocycles. The van der Waals surface area contributed by atoms with Crippen LogP contribution in [0.1, 0.15) is 39.0 Å². The molecular formula is C28H38N4O3. The van der Waals surface area contributed by atoms with Crippen LogP contribution in [0.3, 0.4) is 0 Å². The SMILES string of the molecule is CCCCCCCn1c(=O)n(CCN2CCN(c3ccccc3OC)CC2)c(=O)c2ccccc21. The first-order chi connectivity index (χ1) is 17.1. The molecule has 188 valence electrons. The van der Waals surface area contributed by atoms with Crippen LogP contribution >= 0.6 is 0 Å². The van der Waals surface area contributed by atoms with Gasteiger partial charge in [0.05, 0.1) is 23.7 Å². The third-order valence-electron chi connectivity index (χ3n) is 7.06. The predicted octanol–water partition coefficient (Wildman–Crippen LogP) is 3.96. The zero-order valence-corrected chi connectivity index (χ0v) is 21.1. The Morgan fingerprint density at radius 1 is 0.771 bits per heavy atom. The lowest BCUT2D eigenvalue weighted by molar-refractivity contribution is 0.244. The van der Waals surface area contributed by atoms with E-state index in [2.05, 4.69) is 22.8 Å². The summed E-state index contributed by atoms with van der Waals surface area (Å²) >= 11 is 0. The van der Waals surface area contributed by atoms with Gasteiger partial charge in [-0.3, -0.25) is 18.8 Å². The van der Waals surface area contributed by atoms with Crippen molar-refractivity contribution >= 4 is 16.6 Å². The number of para-hydroxylation sites is 3. The summed E-state index contributed by atoms with van der Waals surface area (Å²) in [5, 5.41) is 0.627. The van der Waals surface area contributed by atoms with Gasteiger partial charge in [0.15, 0.2) is 0 Å². The molecular weight excluding hydrogens is 440 g/mol. The lowest BCUT2D eigenvalue weighted by Gasteiger charge is -2.36. The van der Waals surface area contributed by atoms with Crippen molar-refractivity contribution in [1.29, 1.82) is 0 Å². The van der Waals surface area contributed by atoms with E-state index in [0.29, 0.717) is 25.0 Å². The molecule has 1 saturated heterocycles. The van der Waals surface area contributed by atoms with Gasteiger partial charge in [-0.25, -0.2) is 4.79 Å². The maximum Gasteiger partial charge on any atom is 0.331 e. The number of hydrogen-bond donors (Lipinski definition) is 0. The quantitative estimate of drug-likeness (QED) is 0.391. The molecule has 1 aliphatic rings. The van der Waals surface area contributed by atoms with Gasteiger partial charge in [-0.15, -0.1) is 0 Å². The zero-order chi connectivity index (χ0) is 24.6. The van der Waals surface area contributed by atoms with Gasteiger partial charge in [0.1, 0.15) is 5.75 Å². The second-order valence-corrected chi connectivity index (χ2v) is 9.32. The van der Waals surface area contributed by atoms with Gasteiger partial charge >= 0.3 is 5.69 Å². The monoisotopic (exact) mass is 478 g/mol. The Hall–Kier alpha value is -3.06. The molecule has 2 aromatic carbocycles. The number of unbranched alkanes of at least 4 members (excludes halogenated alkanes) is 4. The molecule has 0 radical (unpaired) electrons. The number of aryl methyl sites for hydroxylation is 1. The number of fused-ring (bicyclic) bond motifs is 1. The fourth-order valence-electron chi connectivity index (χ4n) is 5.00. The summed E-state index contributed by atoms with van der Waals surface area (Å²) in [5.41, 5.74) is 1.50. The standard InChI is InChI=1S/C28H38N4O3/c1-3-4-5-6-11-16-31-24-13-8-7-12-23(24)27(33)32(28(31)34)22-19-29-17-20-30(21-18-29)25-14-9-10-15-26(25)35-2/h7-10,12-15H,3-6,11,16-22H2,1-2H3. The van der Waals surface area contributed by atoms with E-state index in [0.717, 1.165) is 56.0 Å². The number of piperazine rings is 1. The van der Waals surface area contributed by atoms with Crippen LogP contribution in [-0.2, 0) is 13.1 Å². The Morgan fingerprint density at radius 3 is 2.26 bits per heavy atom. The summed E-state index contributed by atoms with van der Waals surface area (Å²) in [7, 11) is 1.70. The smallest absolute Gasteiger partial charge is 0.331 e. The van der Waals surface area contributed by atoms with E-state index in [4.69, 9.17) is 4.74 Å². The number of hydrogen-bond acceptors (Lipinski definition) is 5. The molecule has 0 aliphatic carbocycles. The molecule has 0 saturated carbocycles. The molecule has 1 aromatic heterocycles. The van der Waals surface area contributed by atoms with Crippen LogP contribution in [0.2, 0.25) is 0 Å². The second-order valence-electron chi connectivity index (χ2n) is 9.32. The molecule has 0 unspecified atom stereocenters. The second kappa shape index (κ2) is 12.1. The summed E-state index contributed by atoms with van der Waals surface area (Å²) in [6.07, 6.45) is 5.65. The van der Waals surface area contributed by atoms with Crippen LogP contribution in [0.15, 0.2) is 58.1 Å². The number of rotatable bonds is 11. The molecule has 35 heavy (non-hydrogen) atoms. The zero-order valence-electron chi connectivity index (χ0n) is 21.1. The summed E-state index contributed by atoms with van der Waals surface area (Å²) in [4.78, 5) is 31.3. The Balaban J connectivity index is 1.45. The van der Waals surface area contributed by atoms with Crippen molar-refractivity contribution in [2.45, 2.75) is 52.1 Å². The van der Waals surface area contributed by atoms with Gasteiger partial charge in [0, 0.05) is 45.8 Å². The molecule has 0 N–H and O–H groups in total. The highest BCUT2D eigenvalue weighted by atomic mass is 16.5. The molecule has 0 bridgehead atoms. The van der Waals surface area contributed by atoms with E-state index in [1.54, 1.807) is 7.11 Å². The maximum absolute atomic E-state index is 13.4. The molecule has 7 nitrogen and oxygen atoms in total. The fourth-order valence-corrected chi connectivity index (χ4v) is 5.00. The third kappa shape index (κ3) is 5.78. The highest BCUT2D eigenvalue weighted by Gasteiger charge is 2.20. The van der Waals surface area contributed by atoms with Crippen molar-refractivity contribution in [3.8, 4) is 5.75 Å². The first-order valence-electron chi connectivity index (χ1n) is 13.0. The third-order valence-corrected chi connectivity index (χ3v) is 7.06. The average molecular weight is 479 g/mol. The molecule has 0 atom stereocenters. The minimum atomic E-state index is -0.183. The molecule has 0 spiro atoms. The highest BCUT2D eigenvalue weighted by molar-refractivity contribution is 5.77. The number of methoxy groups -OCH3 is 1. The van der Waals surface area contributed by atoms with E-state index < -0.39 is 0 Å². The van der Waals surface area contributed by atoms with Crippen molar-refractivity contribution in [1.82, 2.24) is 14.0 Å². The minimum Gasteiger partial charge on any atom is -0.495 e. The van der Waals surface area contributed by atoms with E-state index in [9.17, 15) is 9.59 Å². The first-order valence-corrected chi connectivity index (χ1v) is 13.0. The maximum atomic E-state index is 13.4. The van der Waals surface area contributed by atoms with Gasteiger partial charge in [-0.2, -0.15) is 0 Å². The van der Waals surface area contributed by atoms with Crippen LogP contribution in [0.5, 0.6) is 5.75 Å². The molecule has 3 aromatic rings. The van der Waals surface area contributed by atoms with E-state index in [-0.39, 0.29) is 11.2 Å². The summed E-state index contributed by atoms with van der Waals surface area (Å²) in [6.45, 7) is 7.48. The predicted molar refractivity (Wildman–Crippen MR) is 143 cm³/mol. The first kappa shape index (κ1) is 25.0. The van der Waals surface area contributed by atoms with Crippen LogP contribution in [0, 0.1) is 0 Å². The van der Waals surface area contributed by atoms with Gasteiger partial charge < -0.3 is 9.64 Å². The minimum absolute atomic E-state index is 0.180. The number of benzene rings is 2. The van der Waals surface area contributed by atoms with Crippen molar-refractivity contribution in [2.75, 3.05) is 44.7 Å². The van der Waals surface area contributed by atoms with Crippen molar-refractivity contribution in [2.24, 2.45) is 0 Å². The van der Waals surface area contributed by atoms with Gasteiger partial charge in [0.2, 0.25) is 0 Å². The van der Waals surface area contributed by atoms with Gasteiger partial charge in [-0.05, 0) is 30.7 Å². The highest BCUT2D eigenvalue weighted by Crippen LogP contribution is 2.28.